The Morgan fingerprint density at radius 1 is 0.784 bits per heavy atom. The average Bonchev–Trinajstić information content (AvgIpc) is 3.76. The molecule has 2 aromatic rings. The summed E-state index contributed by atoms with van der Waals surface area (Å²) in [5, 5.41) is 86.6. The molecule has 0 spiro atoms. The molecule has 3 aliphatic rings. The monoisotopic (exact) mass is 730 g/mol. The number of aromatic hydroxyl groups is 1. The minimum atomic E-state index is -3.09. The first-order chi connectivity index (χ1) is 24.3. The van der Waals surface area contributed by atoms with Crippen molar-refractivity contribution in [3.05, 3.63) is 35.4 Å². The summed E-state index contributed by atoms with van der Waals surface area (Å²) < 4.78 is 55.1. The van der Waals surface area contributed by atoms with E-state index in [0.29, 0.717) is 18.8 Å². The fourth-order valence-corrected chi connectivity index (χ4v) is 7.07. The zero-order valence-corrected chi connectivity index (χ0v) is 28.9. The fraction of sp³-hybridized carbons (Fsp3) is 0.636. The Hall–Kier alpha value is -3.24. The van der Waals surface area contributed by atoms with Gasteiger partial charge in [0.05, 0.1) is 60.5 Å². The van der Waals surface area contributed by atoms with Crippen LogP contribution in [-0.2, 0) is 23.7 Å². The summed E-state index contributed by atoms with van der Waals surface area (Å²) >= 11 is 0. The van der Waals surface area contributed by atoms with Crippen molar-refractivity contribution in [3.63, 3.8) is 0 Å². The Morgan fingerprint density at radius 2 is 1.25 bits per heavy atom. The highest BCUT2D eigenvalue weighted by atomic mass is 16.7. The van der Waals surface area contributed by atoms with Crippen molar-refractivity contribution in [1.82, 2.24) is 0 Å². The average molecular weight is 731 g/mol. The van der Waals surface area contributed by atoms with Crippen molar-refractivity contribution in [2.45, 2.75) is 60.6 Å². The molecule has 18 heteroatoms. The van der Waals surface area contributed by atoms with Crippen LogP contribution in [0.25, 0.3) is 0 Å². The third-order valence-corrected chi connectivity index (χ3v) is 9.92. The molecule has 51 heavy (non-hydrogen) atoms. The third kappa shape index (κ3) is 6.53. The Bertz CT molecular complexity index is 1450. The molecular weight excluding hydrogens is 684 g/mol. The van der Waals surface area contributed by atoms with Gasteiger partial charge in [0, 0.05) is 26.1 Å². The van der Waals surface area contributed by atoms with Crippen LogP contribution in [0, 0.1) is 11.8 Å². The molecule has 3 aliphatic heterocycles. The van der Waals surface area contributed by atoms with Crippen LogP contribution < -0.4 is 23.7 Å². The summed E-state index contributed by atoms with van der Waals surface area (Å²) in [6, 6.07) is 6.59. The lowest BCUT2D eigenvalue weighted by Crippen LogP contribution is -2.79. The predicted molar refractivity (Wildman–Crippen MR) is 169 cm³/mol. The van der Waals surface area contributed by atoms with Crippen LogP contribution >= 0.6 is 0 Å². The largest absolute Gasteiger partial charge is 0.502 e. The lowest BCUT2D eigenvalue weighted by Gasteiger charge is -2.54. The molecule has 1 unspecified atom stereocenters. The van der Waals surface area contributed by atoms with E-state index in [1.165, 1.54) is 28.4 Å². The van der Waals surface area contributed by atoms with E-state index < -0.39 is 67.2 Å². The summed E-state index contributed by atoms with van der Waals surface area (Å²) in [6.45, 7) is -0.352. The van der Waals surface area contributed by atoms with Gasteiger partial charge < -0.3 is 88.2 Å². The van der Waals surface area contributed by atoms with E-state index in [9.17, 15) is 40.9 Å². The second-order valence-corrected chi connectivity index (χ2v) is 12.4. The van der Waals surface area contributed by atoms with E-state index in [4.69, 9.17) is 47.4 Å². The number of aliphatic hydroxyl groups excluding tert-OH is 5. The van der Waals surface area contributed by atoms with Crippen LogP contribution in [0.2, 0.25) is 0 Å². The second-order valence-electron chi connectivity index (χ2n) is 12.4. The minimum Gasteiger partial charge on any atom is -0.502 e. The molecule has 0 amide bonds. The highest BCUT2D eigenvalue weighted by Crippen LogP contribution is 2.54. The van der Waals surface area contributed by atoms with Crippen molar-refractivity contribution < 1.29 is 88.2 Å². The molecule has 5 rings (SSSR count). The van der Waals surface area contributed by atoms with Crippen molar-refractivity contribution in [3.8, 4) is 34.5 Å². The molecule has 8 N–H and O–H groups in total. The van der Waals surface area contributed by atoms with E-state index >= 15 is 0 Å². The maximum Gasteiger partial charge on any atom is 0.247 e. The number of phenolic OH excluding ortho intramolecular Hbond substituents is 1. The number of ether oxygens (including phenoxy) is 10. The van der Waals surface area contributed by atoms with Gasteiger partial charge >= 0.3 is 0 Å². The van der Waals surface area contributed by atoms with Crippen LogP contribution in [0.1, 0.15) is 23.3 Å². The van der Waals surface area contributed by atoms with Crippen molar-refractivity contribution in [2.75, 3.05) is 62.5 Å². The molecule has 3 saturated heterocycles. The van der Waals surface area contributed by atoms with E-state index in [1.54, 1.807) is 24.3 Å². The Kier molecular flexibility index (Phi) is 11.8. The predicted octanol–water partition coefficient (Wildman–Crippen LogP) is -1.29. The van der Waals surface area contributed by atoms with E-state index in [2.05, 4.69) is 0 Å². The van der Waals surface area contributed by atoms with Crippen molar-refractivity contribution >= 4 is 0 Å². The Morgan fingerprint density at radius 3 is 1.67 bits per heavy atom. The van der Waals surface area contributed by atoms with E-state index in [0.717, 1.165) is 19.8 Å². The van der Waals surface area contributed by atoms with Crippen LogP contribution in [0.3, 0.4) is 0 Å². The first-order valence-corrected chi connectivity index (χ1v) is 15.9. The molecule has 2 aromatic carbocycles. The molecule has 3 heterocycles. The lowest BCUT2D eigenvalue weighted by molar-refractivity contribution is -0.447. The number of fused-ring (bicyclic) bond motifs is 1. The normalized spacial score (nSPS) is 33.6. The number of rotatable bonds is 14. The summed E-state index contributed by atoms with van der Waals surface area (Å²) in [7, 11) is 7.46. The third-order valence-electron chi connectivity index (χ3n) is 9.92. The second kappa shape index (κ2) is 15.4. The van der Waals surface area contributed by atoms with Crippen LogP contribution in [-0.4, -0.2) is 152 Å². The molecule has 0 saturated carbocycles. The molecule has 0 aliphatic carbocycles. The smallest absolute Gasteiger partial charge is 0.247 e. The van der Waals surface area contributed by atoms with Gasteiger partial charge in [-0.2, -0.15) is 0 Å². The molecule has 0 bridgehead atoms. The number of hydrogen-bond donors (Lipinski definition) is 8. The van der Waals surface area contributed by atoms with Gasteiger partial charge in [-0.15, -0.1) is 0 Å². The summed E-state index contributed by atoms with van der Waals surface area (Å²) in [5.41, 5.74) is -1.74. The van der Waals surface area contributed by atoms with E-state index in [1.807, 2.05) is 0 Å². The lowest BCUT2D eigenvalue weighted by atomic mass is 9.75. The van der Waals surface area contributed by atoms with Gasteiger partial charge in [0.2, 0.25) is 23.6 Å². The highest BCUT2D eigenvalue weighted by molar-refractivity contribution is 5.55. The van der Waals surface area contributed by atoms with Gasteiger partial charge in [-0.25, -0.2) is 0 Å². The fourth-order valence-electron chi connectivity index (χ4n) is 7.07. The number of methoxy groups -OCH3 is 6. The van der Waals surface area contributed by atoms with Gasteiger partial charge in [-0.05, 0) is 35.4 Å². The number of benzene rings is 2. The molecule has 12 atom stereocenters. The molecule has 0 radical (unpaired) electrons. The van der Waals surface area contributed by atoms with Crippen LogP contribution in [0.4, 0.5) is 0 Å². The molecule has 18 nitrogen and oxygen atoms in total. The maximum atomic E-state index is 11.7. The molecule has 0 aromatic heterocycles. The number of aliphatic hydroxyl groups is 7. The van der Waals surface area contributed by atoms with Gasteiger partial charge in [0.1, 0.15) is 18.3 Å². The Balaban J connectivity index is 1.43. The molecule has 286 valence electrons. The highest BCUT2D eigenvalue weighted by Gasteiger charge is 2.69. The van der Waals surface area contributed by atoms with Crippen molar-refractivity contribution in [1.29, 1.82) is 0 Å². The molecular formula is C33H46O18. The number of phenols is 1. The van der Waals surface area contributed by atoms with E-state index in [-0.39, 0.29) is 46.3 Å². The van der Waals surface area contributed by atoms with Crippen LogP contribution in [0.15, 0.2) is 24.3 Å². The standard InChI is InChI=1S/C33H46O18/c1-42-18-7-14(8-19(43-2)23(18)35)24-16-12-49-25(17(16)13-48-24)15-9-20(44-3)26(21(10-15)45-4)50-22(11-34)27(36)32(40)28(29(37)46-5)51-31(39)33(41,47-6)30(32)38/h7-10,16-17,22,24-25,27-31,34-41H,11-13H2,1-6H3/t16-,17-,22+,24+,25+,27-,28-,29?,30+,31-,32-,33+/m1/s1. The zero-order chi connectivity index (χ0) is 37.4. The summed E-state index contributed by atoms with van der Waals surface area (Å²) in [5.74, 6) is -2.89. The minimum absolute atomic E-state index is 0.0650. The van der Waals surface area contributed by atoms with Gasteiger partial charge in [0.25, 0.3) is 0 Å². The summed E-state index contributed by atoms with van der Waals surface area (Å²) in [6.07, 6.45) is -14.1. The van der Waals surface area contributed by atoms with Crippen LogP contribution in [0.5, 0.6) is 34.5 Å². The maximum absolute atomic E-state index is 11.7. The van der Waals surface area contributed by atoms with Gasteiger partial charge in [-0.3, -0.25) is 0 Å². The first-order valence-electron chi connectivity index (χ1n) is 15.9. The van der Waals surface area contributed by atoms with Gasteiger partial charge in [0.15, 0.2) is 41.0 Å². The summed E-state index contributed by atoms with van der Waals surface area (Å²) in [4.78, 5) is 0. The first kappa shape index (κ1) is 39.0. The SMILES string of the molecule is COc1cc([C@@H]2OC[C@@H]3[C@H]2CO[C@H]3c2cc(OC)c(O[C@@H](CO)[C@@H](O)[C@@]3(O)[C@@H](C(O)OC)O[C@@H](O)[C@@](O)(OC)[C@H]3O)c(OC)c2)cc(OC)c1O. The van der Waals surface area contributed by atoms with Gasteiger partial charge in [-0.1, -0.05) is 0 Å². The molecule has 3 fully saturated rings. The topological polar surface area (TPSA) is 254 Å². The number of hydrogen-bond acceptors (Lipinski definition) is 18. The zero-order valence-electron chi connectivity index (χ0n) is 28.9. The Labute approximate surface area is 293 Å². The van der Waals surface area contributed by atoms with Crippen molar-refractivity contribution in [2.24, 2.45) is 11.8 Å². The quantitative estimate of drug-likeness (QED) is 0.105.